The molecule has 1 aliphatic heterocycles. The Hall–Kier alpha value is -3.51. The van der Waals surface area contributed by atoms with E-state index in [2.05, 4.69) is 21.4 Å². The maximum absolute atomic E-state index is 11.5. The molecule has 0 radical (unpaired) electrons. The lowest BCUT2D eigenvalue weighted by Crippen LogP contribution is -2.56. The summed E-state index contributed by atoms with van der Waals surface area (Å²) in [5, 5.41) is 26.4. The summed E-state index contributed by atoms with van der Waals surface area (Å²) < 4.78 is 0. The third-order valence-electron chi connectivity index (χ3n) is 6.04. The van der Waals surface area contributed by atoms with E-state index < -0.39 is 11.1 Å². The molecule has 6 nitrogen and oxygen atoms in total. The van der Waals surface area contributed by atoms with Gasteiger partial charge < -0.3 is 10.0 Å². The molecule has 3 aromatic carbocycles. The Kier molecular flexibility index (Phi) is 5.33. The lowest BCUT2D eigenvalue weighted by Gasteiger charge is -2.38. The Morgan fingerprint density at radius 3 is 2.06 bits per heavy atom. The van der Waals surface area contributed by atoms with Gasteiger partial charge in [0.05, 0.1) is 23.3 Å². The number of hydrazone groups is 1. The van der Waals surface area contributed by atoms with Crippen LogP contribution in [0.4, 0.5) is 22.7 Å². The second kappa shape index (κ2) is 7.96. The number of azo groups is 1. The average Bonchev–Trinajstić information content (AvgIpc) is 2.95. The Morgan fingerprint density at radius 2 is 1.42 bits per heavy atom. The molecule has 0 aromatic heterocycles. The molecule has 1 atom stereocenters. The molecule has 1 heterocycles. The van der Waals surface area contributed by atoms with Gasteiger partial charge in [0.2, 0.25) is 0 Å². The van der Waals surface area contributed by atoms with E-state index in [4.69, 9.17) is 0 Å². The highest BCUT2D eigenvalue weighted by Crippen LogP contribution is 2.48. The predicted molar refractivity (Wildman–Crippen MR) is 127 cm³/mol. The van der Waals surface area contributed by atoms with Gasteiger partial charge in [-0.15, -0.1) is 0 Å². The first-order valence-corrected chi connectivity index (χ1v) is 10.2. The van der Waals surface area contributed by atoms with Crippen LogP contribution in [0.25, 0.3) is 0 Å². The van der Waals surface area contributed by atoms with Crippen molar-refractivity contribution in [3.63, 3.8) is 0 Å². The summed E-state index contributed by atoms with van der Waals surface area (Å²) in [6.45, 7) is 4.07. The fourth-order valence-corrected chi connectivity index (χ4v) is 3.92. The van der Waals surface area contributed by atoms with E-state index in [1.165, 1.54) is 0 Å². The molecule has 3 aromatic rings. The van der Waals surface area contributed by atoms with Gasteiger partial charge in [0, 0.05) is 25.2 Å². The minimum Gasteiger partial charge on any atom is -0.365 e. The SMILES string of the molecule is CN(/N=C/C1(O)N(C)c2ccccc2C1(C)C)c1ccc(N=Nc2ccccc2)cc1. The van der Waals surface area contributed by atoms with Gasteiger partial charge in [0.1, 0.15) is 0 Å². The number of anilines is 2. The summed E-state index contributed by atoms with van der Waals surface area (Å²) in [5.41, 5.74) is 2.81. The fourth-order valence-electron chi connectivity index (χ4n) is 3.92. The first-order chi connectivity index (χ1) is 14.8. The standard InChI is InChI=1S/C25H27N5O/c1-24(2)22-12-8-9-13-23(22)29(3)25(24,31)18-26-30(4)21-16-14-20(15-17-21)28-27-19-10-6-5-7-11-19/h5-18,31H,1-4H3/b26-18+,28-27?. The third kappa shape index (κ3) is 3.70. The summed E-state index contributed by atoms with van der Waals surface area (Å²) in [7, 11) is 3.75. The summed E-state index contributed by atoms with van der Waals surface area (Å²) >= 11 is 0. The van der Waals surface area contributed by atoms with E-state index in [-0.39, 0.29) is 0 Å². The molecule has 1 N–H and O–H groups in total. The molecule has 158 valence electrons. The first kappa shape index (κ1) is 20.8. The van der Waals surface area contributed by atoms with E-state index >= 15 is 0 Å². The number of hydrogen-bond donors (Lipinski definition) is 1. The van der Waals surface area contributed by atoms with Gasteiger partial charge in [0.15, 0.2) is 5.72 Å². The number of likely N-dealkylation sites (N-methyl/N-ethyl adjacent to an activating group) is 1. The number of para-hydroxylation sites is 1. The summed E-state index contributed by atoms with van der Waals surface area (Å²) in [6, 6.07) is 25.3. The van der Waals surface area contributed by atoms with Crippen LogP contribution in [0.2, 0.25) is 0 Å². The molecule has 0 amide bonds. The van der Waals surface area contributed by atoms with Crippen LogP contribution in [-0.2, 0) is 5.41 Å². The molecule has 4 rings (SSSR count). The smallest absolute Gasteiger partial charge is 0.185 e. The van der Waals surface area contributed by atoms with Crippen molar-refractivity contribution in [1.29, 1.82) is 0 Å². The summed E-state index contributed by atoms with van der Waals surface area (Å²) in [5.74, 6) is 0. The molecule has 31 heavy (non-hydrogen) atoms. The first-order valence-electron chi connectivity index (χ1n) is 10.2. The number of hydrogen-bond acceptors (Lipinski definition) is 6. The largest absolute Gasteiger partial charge is 0.365 e. The normalized spacial score (nSPS) is 19.8. The van der Waals surface area contributed by atoms with Crippen LogP contribution < -0.4 is 9.91 Å². The Labute approximate surface area is 183 Å². The van der Waals surface area contributed by atoms with Crippen molar-refractivity contribution < 1.29 is 5.11 Å². The van der Waals surface area contributed by atoms with Crippen molar-refractivity contribution in [2.45, 2.75) is 25.0 Å². The number of aliphatic hydroxyl groups is 1. The maximum atomic E-state index is 11.5. The second-order valence-corrected chi connectivity index (χ2v) is 8.25. The van der Waals surface area contributed by atoms with Crippen molar-refractivity contribution in [2.75, 3.05) is 24.0 Å². The Balaban J connectivity index is 1.50. The van der Waals surface area contributed by atoms with Crippen LogP contribution in [0.15, 0.2) is 94.2 Å². The minimum absolute atomic E-state index is 0.510. The monoisotopic (exact) mass is 413 g/mol. The van der Waals surface area contributed by atoms with Gasteiger partial charge in [-0.25, -0.2) is 0 Å². The highest BCUT2D eigenvalue weighted by Gasteiger charge is 2.54. The van der Waals surface area contributed by atoms with E-state index in [0.29, 0.717) is 0 Å². The molecule has 0 spiro atoms. The lowest BCUT2D eigenvalue weighted by atomic mass is 9.78. The van der Waals surface area contributed by atoms with Crippen LogP contribution in [0.5, 0.6) is 0 Å². The number of rotatable bonds is 5. The van der Waals surface area contributed by atoms with Gasteiger partial charge >= 0.3 is 0 Å². The molecule has 0 fully saturated rings. The van der Waals surface area contributed by atoms with Crippen molar-refractivity contribution in [2.24, 2.45) is 15.3 Å². The summed E-state index contributed by atoms with van der Waals surface area (Å²) in [4.78, 5) is 1.88. The number of nitrogens with zero attached hydrogens (tertiary/aromatic N) is 5. The van der Waals surface area contributed by atoms with Crippen LogP contribution in [0, 0.1) is 0 Å². The maximum Gasteiger partial charge on any atom is 0.185 e. The third-order valence-corrected chi connectivity index (χ3v) is 6.04. The van der Waals surface area contributed by atoms with Crippen molar-refractivity contribution in [1.82, 2.24) is 0 Å². The van der Waals surface area contributed by atoms with E-state index in [1.807, 2.05) is 106 Å². The van der Waals surface area contributed by atoms with Gasteiger partial charge in [-0.1, -0.05) is 50.2 Å². The minimum atomic E-state index is -1.24. The topological polar surface area (TPSA) is 63.8 Å². The van der Waals surface area contributed by atoms with Crippen molar-refractivity contribution in [3.05, 3.63) is 84.4 Å². The quantitative estimate of drug-likeness (QED) is 0.334. The molecule has 0 saturated heterocycles. The molecule has 0 aliphatic carbocycles. The molecule has 1 aliphatic rings. The van der Waals surface area contributed by atoms with Crippen LogP contribution >= 0.6 is 0 Å². The van der Waals surface area contributed by atoms with Gasteiger partial charge in [-0.05, 0) is 48.0 Å². The van der Waals surface area contributed by atoms with E-state index in [1.54, 1.807) is 11.2 Å². The molecular formula is C25H27N5O. The van der Waals surface area contributed by atoms with Crippen LogP contribution in [0.1, 0.15) is 19.4 Å². The highest BCUT2D eigenvalue weighted by molar-refractivity contribution is 5.83. The lowest BCUT2D eigenvalue weighted by molar-refractivity contribution is 0.0585. The Morgan fingerprint density at radius 1 is 0.839 bits per heavy atom. The van der Waals surface area contributed by atoms with E-state index in [9.17, 15) is 5.11 Å². The van der Waals surface area contributed by atoms with Gasteiger partial charge in [-0.3, -0.25) is 5.01 Å². The second-order valence-electron chi connectivity index (χ2n) is 8.25. The summed E-state index contributed by atoms with van der Waals surface area (Å²) in [6.07, 6.45) is 1.62. The molecular weight excluding hydrogens is 386 g/mol. The molecule has 1 unspecified atom stereocenters. The van der Waals surface area contributed by atoms with Crippen LogP contribution in [-0.4, -0.2) is 31.1 Å². The molecule has 0 bridgehead atoms. The van der Waals surface area contributed by atoms with Crippen molar-refractivity contribution in [3.8, 4) is 0 Å². The molecule has 0 saturated carbocycles. The zero-order chi connectivity index (χ0) is 22.1. The van der Waals surface area contributed by atoms with E-state index in [0.717, 1.165) is 28.3 Å². The number of benzene rings is 3. The van der Waals surface area contributed by atoms with Crippen molar-refractivity contribution >= 4 is 29.0 Å². The Bertz CT molecular complexity index is 1110. The predicted octanol–water partition coefficient (Wildman–Crippen LogP) is 5.64. The molecule has 6 heteroatoms. The van der Waals surface area contributed by atoms with Crippen LogP contribution in [0.3, 0.4) is 0 Å². The average molecular weight is 414 g/mol. The highest BCUT2D eigenvalue weighted by atomic mass is 16.3. The zero-order valence-electron chi connectivity index (χ0n) is 18.3. The zero-order valence-corrected chi connectivity index (χ0v) is 18.3. The number of fused-ring (bicyclic) bond motifs is 1. The fraction of sp³-hybridized carbons (Fsp3) is 0.240. The van der Waals surface area contributed by atoms with Gasteiger partial charge in [0.25, 0.3) is 0 Å². The van der Waals surface area contributed by atoms with Gasteiger partial charge in [-0.2, -0.15) is 15.3 Å².